The summed E-state index contributed by atoms with van der Waals surface area (Å²) in [4.78, 5) is 2.08. The molecule has 1 rings (SSSR count). The van der Waals surface area contributed by atoms with E-state index in [0.29, 0.717) is 6.61 Å². The summed E-state index contributed by atoms with van der Waals surface area (Å²) >= 11 is 0. The van der Waals surface area contributed by atoms with Crippen molar-refractivity contribution in [3.8, 4) is 0 Å². The zero-order chi connectivity index (χ0) is 14.8. The lowest BCUT2D eigenvalue weighted by Crippen LogP contribution is -2.46. The van der Waals surface area contributed by atoms with E-state index in [2.05, 4.69) is 38.7 Å². The lowest BCUT2D eigenvalue weighted by Gasteiger charge is -2.38. The highest BCUT2D eigenvalue weighted by atomic mass is 28.4. The van der Waals surface area contributed by atoms with Crippen molar-refractivity contribution in [1.29, 1.82) is 0 Å². The van der Waals surface area contributed by atoms with Gasteiger partial charge in [-0.25, -0.2) is 0 Å². The SMILES string of the molecule is COC[C@H]1C[C@H](O[Si](C)(C)C(C)(C)C)CN1B(C)O. The van der Waals surface area contributed by atoms with Gasteiger partial charge in [0, 0.05) is 19.7 Å². The maximum Gasteiger partial charge on any atom is 0.376 e. The topological polar surface area (TPSA) is 41.9 Å². The Balaban J connectivity index is 2.67. The Morgan fingerprint density at radius 2 is 1.95 bits per heavy atom. The molecule has 0 aromatic carbocycles. The maximum absolute atomic E-state index is 9.85. The molecule has 4 nitrogen and oxygen atoms in total. The molecule has 1 aliphatic heterocycles. The normalized spacial score (nSPS) is 25.9. The van der Waals surface area contributed by atoms with Gasteiger partial charge in [-0.15, -0.1) is 0 Å². The average molecular weight is 287 g/mol. The van der Waals surface area contributed by atoms with Gasteiger partial charge in [-0.1, -0.05) is 20.8 Å². The summed E-state index contributed by atoms with van der Waals surface area (Å²) in [5.41, 5.74) is 0. The minimum Gasteiger partial charge on any atom is -0.437 e. The Morgan fingerprint density at radius 1 is 1.37 bits per heavy atom. The van der Waals surface area contributed by atoms with Crippen molar-refractivity contribution in [3.05, 3.63) is 0 Å². The van der Waals surface area contributed by atoms with E-state index in [0.717, 1.165) is 13.0 Å². The molecule has 6 heteroatoms. The first kappa shape index (κ1) is 17.2. The molecule has 0 amide bonds. The number of rotatable bonds is 5. The molecule has 0 bridgehead atoms. The summed E-state index contributed by atoms with van der Waals surface area (Å²) in [7, 11) is -0.462. The first-order valence-electron chi connectivity index (χ1n) is 7.19. The van der Waals surface area contributed by atoms with Crippen LogP contribution in [0, 0.1) is 0 Å². The first-order valence-corrected chi connectivity index (χ1v) is 10.1. The van der Waals surface area contributed by atoms with Gasteiger partial charge in [0.2, 0.25) is 0 Å². The third-order valence-electron chi connectivity index (χ3n) is 4.52. The predicted octanol–water partition coefficient (Wildman–Crippen LogP) is 2.21. The minimum atomic E-state index is -1.74. The van der Waals surface area contributed by atoms with Crippen molar-refractivity contribution in [2.45, 2.75) is 64.3 Å². The van der Waals surface area contributed by atoms with Crippen LogP contribution in [-0.4, -0.2) is 57.6 Å². The van der Waals surface area contributed by atoms with Crippen LogP contribution in [0.1, 0.15) is 27.2 Å². The van der Waals surface area contributed by atoms with Crippen molar-refractivity contribution in [2.24, 2.45) is 0 Å². The van der Waals surface area contributed by atoms with Crippen molar-refractivity contribution in [2.75, 3.05) is 20.3 Å². The van der Waals surface area contributed by atoms with E-state index >= 15 is 0 Å². The van der Waals surface area contributed by atoms with Crippen LogP contribution in [0.4, 0.5) is 0 Å². The summed E-state index contributed by atoms with van der Waals surface area (Å²) in [5, 5.41) is 10.1. The quantitative estimate of drug-likeness (QED) is 0.787. The monoisotopic (exact) mass is 287 g/mol. The Labute approximate surface area is 119 Å². The Bertz CT molecular complexity index is 294. The van der Waals surface area contributed by atoms with E-state index in [4.69, 9.17) is 9.16 Å². The molecule has 1 N–H and O–H groups in total. The van der Waals surface area contributed by atoms with Crippen molar-refractivity contribution >= 4 is 15.4 Å². The second kappa shape index (κ2) is 6.26. The Hall–Kier alpha value is 0.122. The third-order valence-corrected chi connectivity index (χ3v) is 9.06. The van der Waals surface area contributed by atoms with Crippen LogP contribution in [0.25, 0.3) is 0 Å². The average Bonchev–Trinajstić information content (AvgIpc) is 2.59. The van der Waals surface area contributed by atoms with Gasteiger partial charge in [0.25, 0.3) is 0 Å². The van der Waals surface area contributed by atoms with Crippen molar-refractivity contribution in [1.82, 2.24) is 4.81 Å². The molecule has 1 saturated heterocycles. The number of methoxy groups -OCH3 is 1. The van der Waals surface area contributed by atoms with Crippen molar-refractivity contribution in [3.63, 3.8) is 0 Å². The lowest BCUT2D eigenvalue weighted by atomic mass is 9.84. The number of ether oxygens (including phenoxy) is 1. The molecule has 0 aromatic rings. The molecular weight excluding hydrogens is 257 g/mol. The molecule has 19 heavy (non-hydrogen) atoms. The molecular formula is C13H30BNO3Si. The molecule has 0 radical (unpaired) electrons. The van der Waals surface area contributed by atoms with Gasteiger partial charge in [-0.3, -0.25) is 0 Å². The highest BCUT2D eigenvalue weighted by molar-refractivity contribution is 6.74. The van der Waals surface area contributed by atoms with Gasteiger partial charge in [-0.05, 0) is 31.4 Å². The molecule has 0 saturated carbocycles. The fourth-order valence-corrected chi connectivity index (χ4v) is 3.75. The zero-order valence-corrected chi connectivity index (χ0v) is 14.6. The number of nitrogens with zero attached hydrogens (tertiary/aromatic N) is 1. The summed E-state index contributed by atoms with van der Waals surface area (Å²) < 4.78 is 11.7. The van der Waals surface area contributed by atoms with Gasteiger partial charge in [0.15, 0.2) is 8.32 Å². The van der Waals surface area contributed by atoms with E-state index in [9.17, 15) is 5.02 Å². The molecule has 1 aliphatic rings. The van der Waals surface area contributed by atoms with E-state index in [1.54, 1.807) is 7.11 Å². The summed E-state index contributed by atoms with van der Waals surface area (Å²) in [6.45, 7) is 14.6. The third kappa shape index (κ3) is 4.29. The fraction of sp³-hybridized carbons (Fsp3) is 1.00. The summed E-state index contributed by atoms with van der Waals surface area (Å²) in [6, 6.07) is 0.264. The van der Waals surface area contributed by atoms with E-state index < -0.39 is 15.4 Å². The van der Waals surface area contributed by atoms with Gasteiger partial charge in [-0.2, -0.15) is 0 Å². The van der Waals surface area contributed by atoms with Crippen LogP contribution >= 0.6 is 0 Å². The minimum absolute atomic E-state index is 0.218. The van der Waals surface area contributed by atoms with E-state index in [1.165, 1.54) is 0 Å². The molecule has 112 valence electrons. The fourth-order valence-electron chi connectivity index (χ4n) is 2.39. The van der Waals surface area contributed by atoms with Gasteiger partial charge < -0.3 is 19.0 Å². The predicted molar refractivity (Wildman–Crippen MR) is 82.9 cm³/mol. The molecule has 1 heterocycles. The molecule has 0 aliphatic carbocycles. The molecule has 0 spiro atoms. The molecule has 1 fully saturated rings. The zero-order valence-electron chi connectivity index (χ0n) is 13.6. The van der Waals surface area contributed by atoms with Crippen LogP contribution in [0.5, 0.6) is 0 Å². The number of hydrogen-bond acceptors (Lipinski definition) is 4. The van der Waals surface area contributed by atoms with Crippen LogP contribution in [-0.2, 0) is 9.16 Å². The number of hydrogen-bond donors (Lipinski definition) is 1. The largest absolute Gasteiger partial charge is 0.437 e. The standard InChI is InChI=1S/C13H30BNO3Si/c1-13(2,3)19(6,7)18-12-8-11(10-17-5)15(9-12)14(4)16/h11-12,16H,8-10H2,1-7H3/t11-,12+/m1/s1. The second-order valence-electron chi connectivity index (χ2n) is 7.17. The summed E-state index contributed by atoms with van der Waals surface area (Å²) in [6.07, 6.45) is 1.17. The Morgan fingerprint density at radius 3 is 2.37 bits per heavy atom. The van der Waals surface area contributed by atoms with E-state index in [-0.39, 0.29) is 17.2 Å². The highest BCUT2D eigenvalue weighted by Gasteiger charge is 2.43. The van der Waals surface area contributed by atoms with Crippen LogP contribution < -0.4 is 0 Å². The first-order chi connectivity index (χ1) is 8.58. The maximum atomic E-state index is 9.85. The van der Waals surface area contributed by atoms with Gasteiger partial charge in [0.1, 0.15) is 0 Å². The highest BCUT2D eigenvalue weighted by Crippen LogP contribution is 2.38. The van der Waals surface area contributed by atoms with Crippen LogP contribution in [0.3, 0.4) is 0 Å². The molecule has 2 atom stereocenters. The summed E-state index contributed by atoms with van der Waals surface area (Å²) in [5.74, 6) is 0. The Kier molecular flexibility index (Phi) is 5.66. The van der Waals surface area contributed by atoms with Crippen LogP contribution in [0.2, 0.25) is 25.0 Å². The van der Waals surface area contributed by atoms with E-state index in [1.807, 2.05) is 6.82 Å². The smallest absolute Gasteiger partial charge is 0.376 e. The van der Waals surface area contributed by atoms with Gasteiger partial charge >= 0.3 is 7.05 Å². The lowest BCUT2D eigenvalue weighted by molar-refractivity contribution is 0.141. The van der Waals surface area contributed by atoms with Gasteiger partial charge in [0.05, 0.1) is 12.7 Å². The molecule has 0 unspecified atom stereocenters. The van der Waals surface area contributed by atoms with Crippen molar-refractivity contribution < 1.29 is 14.2 Å². The van der Waals surface area contributed by atoms with Crippen LogP contribution in [0.15, 0.2) is 0 Å². The molecule has 0 aromatic heterocycles. The second-order valence-corrected chi connectivity index (χ2v) is 11.9.